The summed E-state index contributed by atoms with van der Waals surface area (Å²) in [6.07, 6.45) is -0.271. The first-order valence-electron chi connectivity index (χ1n) is 2.99. The maximum Gasteiger partial charge on any atom is 0.512 e. The Morgan fingerprint density at radius 3 is 2.75 bits per heavy atom. The van der Waals surface area contributed by atoms with Gasteiger partial charge in [0.2, 0.25) is 11.8 Å². The maximum atomic E-state index is 10.0. The van der Waals surface area contributed by atoms with E-state index in [2.05, 4.69) is 14.7 Å². The Balaban J connectivity index is 2.79. The SMILES string of the molecule is COc1cc(OC(=O)O)ncn1. The molecule has 0 aliphatic carbocycles. The molecule has 1 aromatic rings. The molecular weight excluding hydrogens is 164 g/mol. The minimum absolute atomic E-state index is 0.0608. The highest BCUT2D eigenvalue weighted by molar-refractivity contribution is 5.60. The molecule has 0 unspecified atom stereocenters. The normalized spacial score (nSPS) is 9.08. The second-order valence-electron chi connectivity index (χ2n) is 1.77. The number of hydrogen-bond acceptors (Lipinski definition) is 5. The third kappa shape index (κ3) is 2.08. The molecule has 1 aromatic heterocycles. The number of rotatable bonds is 2. The highest BCUT2D eigenvalue weighted by Gasteiger charge is 2.03. The minimum atomic E-state index is -1.42. The van der Waals surface area contributed by atoms with Crippen molar-refractivity contribution in [2.75, 3.05) is 7.11 Å². The first-order valence-corrected chi connectivity index (χ1v) is 2.99. The molecule has 0 saturated carbocycles. The number of nitrogens with zero attached hydrogens (tertiary/aromatic N) is 2. The van der Waals surface area contributed by atoms with Crippen molar-refractivity contribution in [3.63, 3.8) is 0 Å². The summed E-state index contributed by atoms with van der Waals surface area (Å²) in [7, 11) is 1.41. The van der Waals surface area contributed by atoms with Crippen molar-refractivity contribution < 1.29 is 19.4 Å². The topological polar surface area (TPSA) is 81.5 Å². The molecule has 1 N–H and O–H groups in total. The van der Waals surface area contributed by atoms with E-state index < -0.39 is 6.16 Å². The quantitative estimate of drug-likeness (QED) is 0.652. The Kier molecular flexibility index (Phi) is 2.42. The average molecular weight is 170 g/mol. The first kappa shape index (κ1) is 8.25. The van der Waals surface area contributed by atoms with E-state index >= 15 is 0 Å². The van der Waals surface area contributed by atoms with Gasteiger partial charge in [0.15, 0.2) is 0 Å². The Labute approximate surface area is 67.8 Å². The number of methoxy groups -OCH3 is 1. The summed E-state index contributed by atoms with van der Waals surface area (Å²) in [4.78, 5) is 17.2. The summed E-state index contributed by atoms with van der Waals surface area (Å²) in [5, 5.41) is 8.21. The van der Waals surface area contributed by atoms with Gasteiger partial charge in [-0.25, -0.2) is 14.8 Å². The molecule has 0 spiro atoms. The van der Waals surface area contributed by atoms with Gasteiger partial charge in [-0.15, -0.1) is 0 Å². The van der Waals surface area contributed by atoms with Gasteiger partial charge in [-0.3, -0.25) is 0 Å². The van der Waals surface area contributed by atoms with Gasteiger partial charge in [-0.05, 0) is 0 Å². The largest absolute Gasteiger partial charge is 0.512 e. The molecule has 0 saturated heterocycles. The molecule has 0 amide bonds. The molecule has 0 aliphatic rings. The summed E-state index contributed by atoms with van der Waals surface area (Å²) in [5.74, 6) is 0.190. The van der Waals surface area contributed by atoms with Crippen LogP contribution in [0.2, 0.25) is 0 Å². The fourth-order valence-corrected chi connectivity index (χ4v) is 0.580. The zero-order chi connectivity index (χ0) is 8.97. The highest BCUT2D eigenvalue weighted by Crippen LogP contribution is 2.11. The van der Waals surface area contributed by atoms with Crippen LogP contribution < -0.4 is 9.47 Å². The highest BCUT2D eigenvalue weighted by atomic mass is 16.7. The van der Waals surface area contributed by atoms with Gasteiger partial charge in [-0.2, -0.15) is 0 Å². The molecule has 64 valence electrons. The van der Waals surface area contributed by atoms with Crippen LogP contribution in [0, 0.1) is 0 Å². The molecule has 0 fully saturated rings. The summed E-state index contributed by atoms with van der Waals surface area (Å²) in [6, 6.07) is 1.27. The van der Waals surface area contributed by atoms with E-state index in [4.69, 9.17) is 9.84 Å². The minimum Gasteiger partial charge on any atom is -0.481 e. The van der Waals surface area contributed by atoms with Crippen LogP contribution in [0.3, 0.4) is 0 Å². The van der Waals surface area contributed by atoms with E-state index in [1.54, 1.807) is 0 Å². The molecule has 1 heterocycles. The summed E-state index contributed by atoms with van der Waals surface area (Å²) < 4.78 is 8.95. The number of ether oxygens (including phenoxy) is 2. The number of aromatic nitrogens is 2. The van der Waals surface area contributed by atoms with Crippen molar-refractivity contribution in [3.05, 3.63) is 12.4 Å². The second-order valence-corrected chi connectivity index (χ2v) is 1.77. The number of carboxylic acid groups (broad SMARTS) is 1. The van der Waals surface area contributed by atoms with Crippen LogP contribution in [0.1, 0.15) is 0 Å². The lowest BCUT2D eigenvalue weighted by Crippen LogP contribution is -2.04. The van der Waals surface area contributed by atoms with Crippen molar-refractivity contribution in [2.45, 2.75) is 0 Å². The van der Waals surface area contributed by atoms with Crippen molar-refractivity contribution in [1.82, 2.24) is 9.97 Å². The summed E-state index contributed by atoms with van der Waals surface area (Å²) in [6.45, 7) is 0. The van der Waals surface area contributed by atoms with E-state index in [-0.39, 0.29) is 11.8 Å². The molecule has 0 aliphatic heterocycles. The molecule has 0 radical (unpaired) electrons. The Hall–Kier alpha value is -1.85. The molecule has 12 heavy (non-hydrogen) atoms. The van der Waals surface area contributed by atoms with Gasteiger partial charge in [0.05, 0.1) is 13.2 Å². The van der Waals surface area contributed by atoms with Crippen molar-refractivity contribution in [2.24, 2.45) is 0 Å². The lowest BCUT2D eigenvalue weighted by atomic mass is 10.6. The molecule has 6 heteroatoms. The van der Waals surface area contributed by atoms with Crippen molar-refractivity contribution in [3.8, 4) is 11.8 Å². The van der Waals surface area contributed by atoms with Gasteiger partial charge in [0.1, 0.15) is 6.33 Å². The van der Waals surface area contributed by atoms with E-state index in [1.165, 1.54) is 13.2 Å². The predicted molar refractivity (Wildman–Crippen MR) is 37.2 cm³/mol. The van der Waals surface area contributed by atoms with E-state index in [1.807, 2.05) is 0 Å². The molecule has 0 aromatic carbocycles. The lowest BCUT2D eigenvalue weighted by molar-refractivity contribution is 0.142. The van der Waals surface area contributed by atoms with Gasteiger partial charge in [0.25, 0.3) is 0 Å². The van der Waals surface area contributed by atoms with Crippen LogP contribution in [0.25, 0.3) is 0 Å². The first-order chi connectivity index (χ1) is 5.72. The van der Waals surface area contributed by atoms with Gasteiger partial charge in [-0.1, -0.05) is 0 Å². The second kappa shape index (κ2) is 3.51. The predicted octanol–water partition coefficient (Wildman–Crippen LogP) is 0.542. The van der Waals surface area contributed by atoms with Gasteiger partial charge >= 0.3 is 6.16 Å². The summed E-state index contributed by atoms with van der Waals surface area (Å²) in [5.41, 5.74) is 0. The van der Waals surface area contributed by atoms with Crippen LogP contribution >= 0.6 is 0 Å². The van der Waals surface area contributed by atoms with Crippen LogP contribution in [0.15, 0.2) is 12.4 Å². The van der Waals surface area contributed by atoms with E-state index in [0.29, 0.717) is 0 Å². The van der Waals surface area contributed by atoms with Crippen LogP contribution in [0.5, 0.6) is 11.8 Å². The monoisotopic (exact) mass is 170 g/mol. The fraction of sp³-hybridized carbons (Fsp3) is 0.167. The third-order valence-corrected chi connectivity index (χ3v) is 1.02. The van der Waals surface area contributed by atoms with Gasteiger partial charge < -0.3 is 14.6 Å². The fourth-order valence-electron chi connectivity index (χ4n) is 0.580. The van der Waals surface area contributed by atoms with E-state index in [9.17, 15) is 4.79 Å². The standard InChI is InChI=1S/C6H6N2O4/c1-11-4-2-5(8-3-7-4)12-6(9)10/h2-3H,1H3,(H,9,10). The van der Waals surface area contributed by atoms with Crippen LogP contribution in [0.4, 0.5) is 4.79 Å². The van der Waals surface area contributed by atoms with Gasteiger partial charge in [0, 0.05) is 0 Å². The maximum absolute atomic E-state index is 10.0. The number of carbonyl (C=O) groups is 1. The molecule has 1 rings (SSSR count). The lowest BCUT2D eigenvalue weighted by Gasteiger charge is -1.99. The molecular formula is C6H6N2O4. The van der Waals surface area contributed by atoms with Crippen LogP contribution in [-0.2, 0) is 0 Å². The Morgan fingerprint density at radius 2 is 2.17 bits per heavy atom. The molecule has 6 nitrogen and oxygen atoms in total. The number of hydrogen-bond donors (Lipinski definition) is 1. The van der Waals surface area contributed by atoms with Crippen molar-refractivity contribution >= 4 is 6.16 Å². The summed E-state index contributed by atoms with van der Waals surface area (Å²) >= 11 is 0. The smallest absolute Gasteiger partial charge is 0.481 e. The average Bonchev–Trinajstić information content (AvgIpc) is 2.03. The Morgan fingerprint density at radius 1 is 1.50 bits per heavy atom. The zero-order valence-electron chi connectivity index (χ0n) is 6.22. The van der Waals surface area contributed by atoms with Crippen molar-refractivity contribution in [1.29, 1.82) is 0 Å². The van der Waals surface area contributed by atoms with Crippen LogP contribution in [-0.4, -0.2) is 28.3 Å². The zero-order valence-corrected chi connectivity index (χ0v) is 6.22. The van der Waals surface area contributed by atoms with E-state index in [0.717, 1.165) is 6.33 Å². The Bertz CT molecular complexity index is 289. The third-order valence-electron chi connectivity index (χ3n) is 1.02. The molecule has 0 atom stereocenters. The molecule has 0 bridgehead atoms.